The van der Waals surface area contributed by atoms with Crippen LogP contribution in [0.15, 0.2) is 102 Å². The number of Topliss-reactive ketones (excluding diaryl/α,β-unsaturated/α-hetero) is 1. The maximum atomic E-state index is 15.8. The van der Waals surface area contributed by atoms with Gasteiger partial charge in [-0.15, -0.1) is 0 Å². The summed E-state index contributed by atoms with van der Waals surface area (Å²) in [4.78, 5) is 84.9. The number of hydrogen-bond donors (Lipinski definition) is 7. The van der Waals surface area contributed by atoms with E-state index in [4.69, 9.17) is 28.8 Å². The predicted molar refractivity (Wildman–Crippen MR) is 247 cm³/mol. The quantitative estimate of drug-likeness (QED) is 0.0425. The molecule has 372 valence electrons. The molecule has 7 N–H and O–H groups in total. The van der Waals surface area contributed by atoms with Gasteiger partial charge >= 0.3 is 24.0 Å². The average molecular weight is 958 g/mol. The summed E-state index contributed by atoms with van der Waals surface area (Å²) < 4.78 is 30.6. The van der Waals surface area contributed by atoms with Crippen molar-refractivity contribution < 1.29 is 72.9 Å². The highest BCUT2D eigenvalue weighted by Gasteiger charge is 2.78. The standard InChI is InChI=1S/C49H57N3O14.C2H6O/c1-7-50-26-51-45(60)64-38-35-27(2)32(63-44(59)37(55)36(29-17-11-8-12-18-29)52-42(57)30-19-13-9-14-20-30)24-49(61,46(35,4)5)41(65-43(58)31-21-15-10-16-22-31)39-47(6,40(38)56)33(54)23-34-48(39,25-62-34)66-28(3)53;1-2-3/h8-22,32-34,36-39,41,50,54-55,61H,7,23-26H2,1-6H3,(H,51,60)(H,52,57);3H,2H2,1H3/t32-,33-,34?,36-,37+,38+,39-,41-,47?,48-,49+;/m0./s1. The van der Waals surface area contributed by atoms with Crippen molar-refractivity contribution in [3.8, 4) is 0 Å². The summed E-state index contributed by atoms with van der Waals surface area (Å²) in [7, 11) is 0. The van der Waals surface area contributed by atoms with Crippen LogP contribution in [0.4, 0.5) is 4.79 Å². The largest absolute Gasteiger partial charge is 0.456 e. The Kier molecular flexibility index (Phi) is 16.2. The molecule has 1 saturated heterocycles. The van der Waals surface area contributed by atoms with Crippen molar-refractivity contribution in [3.63, 3.8) is 0 Å². The van der Waals surface area contributed by atoms with Crippen LogP contribution in [0.1, 0.15) is 93.6 Å². The summed E-state index contributed by atoms with van der Waals surface area (Å²) in [5.74, 6) is -6.05. The number of nitrogens with one attached hydrogen (secondary N) is 3. The number of alkyl carbamates (subject to hydrolysis) is 1. The maximum Gasteiger partial charge on any atom is 0.409 e. The van der Waals surface area contributed by atoms with Crippen molar-refractivity contribution in [2.24, 2.45) is 16.7 Å². The smallest absolute Gasteiger partial charge is 0.409 e. The Bertz CT molecular complexity index is 2380. The van der Waals surface area contributed by atoms with E-state index in [1.807, 2.05) is 6.92 Å². The lowest BCUT2D eigenvalue weighted by molar-refractivity contribution is -0.345. The van der Waals surface area contributed by atoms with Crippen molar-refractivity contribution in [2.45, 2.75) is 115 Å². The molecule has 3 aromatic carbocycles. The van der Waals surface area contributed by atoms with Gasteiger partial charge < -0.3 is 60.1 Å². The zero-order chi connectivity index (χ0) is 50.5. The molecule has 2 bridgehead atoms. The second-order valence-corrected chi connectivity index (χ2v) is 18.4. The summed E-state index contributed by atoms with van der Waals surface area (Å²) in [6, 6.07) is 22.9. The number of carbonyl (C=O) groups excluding carboxylic acids is 6. The monoisotopic (exact) mass is 957 g/mol. The van der Waals surface area contributed by atoms with E-state index in [9.17, 15) is 39.3 Å². The van der Waals surface area contributed by atoms with Crippen LogP contribution in [-0.4, -0.2) is 130 Å². The van der Waals surface area contributed by atoms with Crippen molar-refractivity contribution >= 4 is 35.7 Å². The molecule has 2 amide bonds. The van der Waals surface area contributed by atoms with Crippen LogP contribution in [0.5, 0.6) is 0 Å². The van der Waals surface area contributed by atoms with Gasteiger partial charge in [0.2, 0.25) is 0 Å². The summed E-state index contributed by atoms with van der Waals surface area (Å²) in [6.45, 7) is 11.0. The van der Waals surface area contributed by atoms with E-state index in [2.05, 4.69) is 16.0 Å². The molecular formula is C51H63N3O15. The number of ether oxygens (including phenoxy) is 5. The number of benzene rings is 3. The van der Waals surface area contributed by atoms with Gasteiger partial charge in [-0.1, -0.05) is 87.5 Å². The van der Waals surface area contributed by atoms with Crippen molar-refractivity contribution in [1.82, 2.24) is 16.0 Å². The van der Waals surface area contributed by atoms with E-state index in [0.717, 1.165) is 6.92 Å². The minimum absolute atomic E-state index is 0.0368. The molecule has 4 aliphatic rings. The Morgan fingerprint density at radius 2 is 1.45 bits per heavy atom. The van der Waals surface area contributed by atoms with E-state index in [1.54, 1.807) is 99.6 Å². The zero-order valence-electron chi connectivity index (χ0n) is 39.8. The average Bonchev–Trinajstić information content (AvgIpc) is 3.32. The van der Waals surface area contributed by atoms with E-state index in [1.165, 1.54) is 26.0 Å². The summed E-state index contributed by atoms with van der Waals surface area (Å²) in [6.07, 6.45) is -11.8. The first-order valence-corrected chi connectivity index (χ1v) is 23.0. The molecule has 2 unspecified atom stereocenters. The van der Waals surface area contributed by atoms with Crippen LogP contribution in [0, 0.1) is 16.7 Å². The first-order chi connectivity index (χ1) is 32.7. The third-order valence-corrected chi connectivity index (χ3v) is 14.0. The lowest BCUT2D eigenvalue weighted by Gasteiger charge is -2.67. The van der Waals surface area contributed by atoms with Gasteiger partial charge in [0.05, 0.1) is 42.3 Å². The normalized spacial score (nSPS) is 29.5. The molecule has 0 radical (unpaired) electrons. The molecule has 1 aliphatic heterocycles. The Balaban J connectivity index is 0.00000254. The Morgan fingerprint density at radius 1 is 0.870 bits per heavy atom. The number of hydrogen-bond acceptors (Lipinski definition) is 16. The Morgan fingerprint density at radius 3 is 2.00 bits per heavy atom. The number of esters is 3. The minimum atomic E-state index is -2.43. The molecular weight excluding hydrogens is 895 g/mol. The SMILES string of the molecule is CCNCNC(=O)O[C@H]1C(=O)C2(C)[C@@H](O)CC3OC[C@@]3(OC(C)=O)[C@H]2[C@H](OC(=O)c2ccccc2)[C@]2(O)C[C@H](OC(=O)[C@H](O)[C@@H](NC(=O)c3ccccc3)c3ccccc3)C(C)=C1C2(C)C.CCO. The lowest BCUT2D eigenvalue weighted by Crippen LogP contribution is -2.82. The van der Waals surface area contributed by atoms with Gasteiger partial charge in [0.1, 0.15) is 23.9 Å². The minimum Gasteiger partial charge on any atom is -0.456 e. The van der Waals surface area contributed by atoms with Gasteiger partial charge in [0, 0.05) is 37.4 Å². The molecule has 69 heavy (non-hydrogen) atoms. The van der Waals surface area contributed by atoms with Gasteiger partial charge in [-0.05, 0) is 68.3 Å². The number of rotatable bonds is 13. The zero-order valence-corrected chi connectivity index (χ0v) is 39.8. The number of fused-ring (bicyclic) bond motifs is 5. The fraction of sp³-hybridized carbons (Fsp3) is 0.490. The molecule has 3 aromatic rings. The fourth-order valence-corrected chi connectivity index (χ4v) is 10.4. The Labute approximate surface area is 400 Å². The molecule has 1 heterocycles. The summed E-state index contributed by atoms with van der Waals surface area (Å²) in [5, 5.41) is 53.7. The van der Waals surface area contributed by atoms with Crippen LogP contribution < -0.4 is 16.0 Å². The molecule has 3 aliphatic carbocycles. The van der Waals surface area contributed by atoms with E-state index >= 15 is 4.79 Å². The number of amides is 2. The predicted octanol–water partition coefficient (Wildman–Crippen LogP) is 3.46. The highest BCUT2D eigenvalue weighted by atomic mass is 16.6. The topological polar surface area (TPSA) is 266 Å². The molecule has 0 spiro atoms. The first kappa shape index (κ1) is 52.4. The molecule has 7 rings (SSSR count). The second kappa shape index (κ2) is 21.3. The van der Waals surface area contributed by atoms with Crippen LogP contribution in [-0.2, 0) is 38.1 Å². The maximum absolute atomic E-state index is 15.8. The number of aliphatic hydroxyl groups excluding tert-OH is 3. The summed E-state index contributed by atoms with van der Waals surface area (Å²) >= 11 is 0. The fourth-order valence-electron chi connectivity index (χ4n) is 10.4. The van der Waals surface area contributed by atoms with Gasteiger partial charge in [-0.3, -0.25) is 14.4 Å². The van der Waals surface area contributed by atoms with Gasteiger partial charge in [0.25, 0.3) is 5.91 Å². The Hall–Kier alpha value is -6.02. The van der Waals surface area contributed by atoms with Crippen molar-refractivity contribution in [1.29, 1.82) is 0 Å². The van der Waals surface area contributed by atoms with Gasteiger partial charge in [-0.25, -0.2) is 14.4 Å². The van der Waals surface area contributed by atoms with Crippen molar-refractivity contribution in [3.05, 3.63) is 119 Å². The van der Waals surface area contributed by atoms with Crippen LogP contribution in [0.25, 0.3) is 0 Å². The van der Waals surface area contributed by atoms with Gasteiger partial charge in [-0.2, -0.15) is 0 Å². The van der Waals surface area contributed by atoms with E-state index in [-0.39, 0.29) is 48.6 Å². The van der Waals surface area contributed by atoms with Crippen LogP contribution >= 0.6 is 0 Å². The molecule has 3 fully saturated rings. The van der Waals surface area contributed by atoms with E-state index < -0.39 is 113 Å². The van der Waals surface area contributed by atoms with Crippen LogP contribution in [0.2, 0.25) is 0 Å². The third kappa shape index (κ3) is 9.91. The molecule has 18 heteroatoms. The molecule has 11 atom stereocenters. The molecule has 2 saturated carbocycles. The third-order valence-electron chi connectivity index (χ3n) is 14.0. The number of aliphatic hydroxyl groups is 4. The highest BCUT2D eigenvalue weighted by molar-refractivity contribution is 5.96. The highest BCUT2D eigenvalue weighted by Crippen LogP contribution is 2.64. The first-order valence-electron chi connectivity index (χ1n) is 23.0. The molecule has 0 aromatic heterocycles. The second-order valence-electron chi connectivity index (χ2n) is 18.4. The lowest BCUT2D eigenvalue weighted by atomic mass is 9.44. The van der Waals surface area contributed by atoms with Gasteiger partial charge in [0.15, 0.2) is 23.6 Å². The molecule has 18 nitrogen and oxygen atoms in total. The van der Waals surface area contributed by atoms with Crippen molar-refractivity contribution in [2.75, 3.05) is 26.4 Å². The number of ketones is 1. The van der Waals surface area contributed by atoms with Crippen LogP contribution in [0.3, 0.4) is 0 Å². The number of carbonyl (C=O) groups is 6. The van der Waals surface area contributed by atoms with E-state index in [0.29, 0.717) is 12.1 Å². The summed E-state index contributed by atoms with van der Waals surface area (Å²) in [5.41, 5.74) is -7.27.